The van der Waals surface area contributed by atoms with Crippen LogP contribution in [0.5, 0.6) is 5.75 Å². The van der Waals surface area contributed by atoms with Crippen LogP contribution in [0.15, 0.2) is 53.4 Å². The molecule has 6 heteroatoms. The van der Waals surface area contributed by atoms with Crippen molar-refractivity contribution >= 4 is 10.0 Å². The van der Waals surface area contributed by atoms with Gasteiger partial charge in [0.1, 0.15) is 5.75 Å². The number of hydrogen-bond donors (Lipinski definition) is 3. The van der Waals surface area contributed by atoms with E-state index in [1.54, 1.807) is 36.4 Å². The molecule has 0 aliphatic heterocycles. The molecular weight excluding hydrogens is 324 g/mol. The van der Waals surface area contributed by atoms with Crippen molar-refractivity contribution in [1.82, 2.24) is 10.0 Å². The molecule has 3 N–H and O–H groups in total. The molecule has 0 aromatic heterocycles. The smallest absolute Gasteiger partial charge is 0.240 e. The monoisotopic (exact) mass is 348 g/mol. The first kappa shape index (κ1) is 18.4. The average molecular weight is 348 g/mol. The molecule has 0 amide bonds. The van der Waals surface area contributed by atoms with Crippen LogP contribution in [0.1, 0.15) is 18.1 Å². The Hall–Kier alpha value is -1.89. The van der Waals surface area contributed by atoms with Crippen molar-refractivity contribution in [2.24, 2.45) is 0 Å². The fraction of sp³-hybridized carbons (Fsp3) is 0.333. The van der Waals surface area contributed by atoms with Gasteiger partial charge >= 0.3 is 0 Å². The number of hydrogen-bond acceptors (Lipinski definition) is 4. The first-order valence-electron chi connectivity index (χ1n) is 7.94. The van der Waals surface area contributed by atoms with Crippen molar-refractivity contribution in [3.63, 3.8) is 0 Å². The van der Waals surface area contributed by atoms with Gasteiger partial charge in [-0.1, -0.05) is 29.8 Å². The zero-order valence-electron chi connectivity index (χ0n) is 14.0. The van der Waals surface area contributed by atoms with Crippen molar-refractivity contribution in [3.8, 4) is 5.75 Å². The molecule has 0 spiro atoms. The summed E-state index contributed by atoms with van der Waals surface area (Å²) in [6.07, 6.45) is 0.811. The average Bonchev–Trinajstić information content (AvgIpc) is 2.54. The molecule has 0 aliphatic rings. The van der Waals surface area contributed by atoms with Crippen molar-refractivity contribution in [2.45, 2.75) is 31.2 Å². The van der Waals surface area contributed by atoms with E-state index in [0.717, 1.165) is 17.5 Å². The Kier molecular flexibility index (Phi) is 6.36. The van der Waals surface area contributed by atoms with Gasteiger partial charge in [-0.2, -0.15) is 0 Å². The van der Waals surface area contributed by atoms with Gasteiger partial charge in [0.25, 0.3) is 0 Å². The van der Waals surface area contributed by atoms with Gasteiger partial charge in [-0.05, 0) is 50.1 Å². The zero-order chi connectivity index (χ0) is 17.6. The van der Waals surface area contributed by atoms with Crippen LogP contribution < -0.4 is 10.0 Å². The summed E-state index contributed by atoms with van der Waals surface area (Å²) in [7, 11) is -3.46. The summed E-state index contributed by atoms with van der Waals surface area (Å²) < 4.78 is 26.9. The van der Waals surface area contributed by atoms with Gasteiger partial charge in [-0.15, -0.1) is 0 Å². The lowest BCUT2D eigenvalue weighted by Crippen LogP contribution is -2.36. The molecule has 0 fully saturated rings. The maximum absolute atomic E-state index is 12.1. The van der Waals surface area contributed by atoms with E-state index >= 15 is 0 Å². The highest BCUT2D eigenvalue weighted by molar-refractivity contribution is 7.89. The second-order valence-corrected chi connectivity index (χ2v) is 7.70. The van der Waals surface area contributed by atoms with Crippen LogP contribution in [-0.4, -0.2) is 32.7 Å². The Morgan fingerprint density at radius 2 is 1.62 bits per heavy atom. The van der Waals surface area contributed by atoms with E-state index in [-0.39, 0.29) is 16.7 Å². The fourth-order valence-corrected chi connectivity index (χ4v) is 3.39. The van der Waals surface area contributed by atoms with Gasteiger partial charge in [0, 0.05) is 19.1 Å². The van der Waals surface area contributed by atoms with Gasteiger partial charge in [-0.25, -0.2) is 13.1 Å². The third-order valence-electron chi connectivity index (χ3n) is 3.72. The summed E-state index contributed by atoms with van der Waals surface area (Å²) in [5.41, 5.74) is 2.15. The first-order chi connectivity index (χ1) is 11.4. The van der Waals surface area contributed by atoms with Crippen LogP contribution in [0, 0.1) is 6.92 Å². The number of phenols is 1. The molecule has 0 aliphatic carbocycles. The summed E-state index contributed by atoms with van der Waals surface area (Å²) in [5.74, 6) is 0.255. The molecule has 0 bridgehead atoms. The molecule has 2 aromatic rings. The minimum atomic E-state index is -3.46. The topological polar surface area (TPSA) is 78.4 Å². The minimum absolute atomic E-state index is 0.207. The lowest BCUT2D eigenvalue weighted by Gasteiger charge is -2.14. The van der Waals surface area contributed by atoms with E-state index < -0.39 is 10.0 Å². The molecule has 130 valence electrons. The van der Waals surface area contributed by atoms with Crippen LogP contribution >= 0.6 is 0 Å². The summed E-state index contributed by atoms with van der Waals surface area (Å²) in [6.45, 7) is 4.84. The predicted molar refractivity (Wildman–Crippen MR) is 95.6 cm³/mol. The molecule has 0 radical (unpaired) electrons. The third-order valence-corrected chi connectivity index (χ3v) is 5.20. The lowest BCUT2D eigenvalue weighted by molar-refractivity contribution is 0.474. The number of nitrogens with one attached hydrogen (secondary N) is 2. The van der Waals surface area contributed by atoms with Crippen LogP contribution in [0.2, 0.25) is 0 Å². The van der Waals surface area contributed by atoms with Crippen molar-refractivity contribution in [2.75, 3.05) is 13.1 Å². The summed E-state index contributed by atoms with van der Waals surface area (Å²) >= 11 is 0. The molecule has 0 saturated heterocycles. The second-order valence-electron chi connectivity index (χ2n) is 5.94. The zero-order valence-corrected chi connectivity index (χ0v) is 14.8. The predicted octanol–water partition coefficient (Wildman–Crippen LogP) is 2.20. The fourth-order valence-electron chi connectivity index (χ4n) is 2.36. The number of rotatable bonds is 8. The maximum Gasteiger partial charge on any atom is 0.240 e. The van der Waals surface area contributed by atoms with E-state index in [1.807, 2.05) is 26.0 Å². The molecule has 0 heterocycles. The molecule has 1 atom stereocenters. The Morgan fingerprint density at radius 1 is 1.00 bits per heavy atom. The van der Waals surface area contributed by atoms with Gasteiger partial charge in [0.2, 0.25) is 10.0 Å². The second kappa shape index (κ2) is 8.28. The van der Waals surface area contributed by atoms with E-state index in [0.29, 0.717) is 13.1 Å². The maximum atomic E-state index is 12.1. The number of aryl methyl sites for hydroxylation is 1. The Labute approximate surface area is 143 Å². The van der Waals surface area contributed by atoms with Crippen LogP contribution in [-0.2, 0) is 16.4 Å². The van der Waals surface area contributed by atoms with E-state index in [9.17, 15) is 13.5 Å². The summed E-state index contributed by atoms with van der Waals surface area (Å²) in [5, 5.41) is 12.6. The SMILES string of the molecule is Cc1ccc(S(=O)(=O)NCCNC(C)Cc2ccc(O)cc2)cc1. The third kappa shape index (κ3) is 5.63. The molecule has 2 rings (SSSR count). The Bertz CT molecular complexity index is 741. The number of phenolic OH excluding ortho intramolecular Hbond substituents is 1. The molecule has 24 heavy (non-hydrogen) atoms. The molecule has 2 aromatic carbocycles. The Balaban J connectivity index is 1.75. The molecule has 5 nitrogen and oxygen atoms in total. The summed E-state index contributed by atoms with van der Waals surface area (Å²) in [4.78, 5) is 0.283. The van der Waals surface area contributed by atoms with Crippen LogP contribution in [0.4, 0.5) is 0 Å². The molecular formula is C18H24N2O3S. The van der Waals surface area contributed by atoms with Crippen molar-refractivity contribution in [3.05, 3.63) is 59.7 Å². The highest BCUT2D eigenvalue weighted by Gasteiger charge is 2.12. The number of sulfonamides is 1. The minimum Gasteiger partial charge on any atom is -0.508 e. The Morgan fingerprint density at radius 3 is 2.25 bits per heavy atom. The van der Waals surface area contributed by atoms with E-state index in [2.05, 4.69) is 10.0 Å². The largest absolute Gasteiger partial charge is 0.508 e. The first-order valence-corrected chi connectivity index (χ1v) is 9.43. The lowest BCUT2D eigenvalue weighted by atomic mass is 10.1. The normalized spacial score (nSPS) is 12.9. The van der Waals surface area contributed by atoms with Gasteiger partial charge in [0.05, 0.1) is 4.90 Å². The quantitative estimate of drug-likeness (QED) is 0.639. The highest BCUT2D eigenvalue weighted by atomic mass is 32.2. The van der Waals surface area contributed by atoms with Gasteiger partial charge in [-0.3, -0.25) is 0 Å². The van der Waals surface area contributed by atoms with Crippen molar-refractivity contribution < 1.29 is 13.5 Å². The van der Waals surface area contributed by atoms with Crippen LogP contribution in [0.25, 0.3) is 0 Å². The number of aromatic hydroxyl groups is 1. The van der Waals surface area contributed by atoms with E-state index in [4.69, 9.17) is 0 Å². The van der Waals surface area contributed by atoms with Crippen molar-refractivity contribution in [1.29, 1.82) is 0 Å². The van der Waals surface area contributed by atoms with Gasteiger partial charge < -0.3 is 10.4 Å². The standard InChI is InChI=1S/C18H24N2O3S/c1-14-3-9-18(10-4-14)24(22,23)20-12-11-19-15(2)13-16-5-7-17(21)8-6-16/h3-10,15,19-21H,11-13H2,1-2H3. The summed E-state index contributed by atoms with van der Waals surface area (Å²) in [6, 6.07) is 14.1. The highest BCUT2D eigenvalue weighted by Crippen LogP contribution is 2.11. The molecule has 1 unspecified atom stereocenters. The van der Waals surface area contributed by atoms with Gasteiger partial charge in [0.15, 0.2) is 0 Å². The van der Waals surface area contributed by atoms with Crippen LogP contribution in [0.3, 0.4) is 0 Å². The number of benzene rings is 2. The molecule has 0 saturated carbocycles. The van der Waals surface area contributed by atoms with E-state index in [1.165, 1.54) is 0 Å².